The van der Waals surface area contributed by atoms with Crippen LogP contribution in [0.25, 0.3) is 0 Å². The monoisotopic (exact) mass is 419 g/mol. The first kappa shape index (κ1) is 20.8. The van der Waals surface area contributed by atoms with Gasteiger partial charge in [-0.3, -0.25) is 9.59 Å². The minimum Gasteiger partial charge on any atom is -0.300 e. The second kappa shape index (κ2) is 7.50. The van der Waals surface area contributed by atoms with E-state index in [9.17, 15) is 14.5 Å². The highest BCUT2D eigenvalue weighted by Gasteiger charge is 2.61. The van der Waals surface area contributed by atoms with Gasteiger partial charge in [0.05, 0.1) is 0 Å². The van der Waals surface area contributed by atoms with Gasteiger partial charge in [0.15, 0.2) is 5.78 Å². The van der Waals surface area contributed by atoms with Crippen molar-refractivity contribution in [3.8, 4) is 0 Å². The summed E-state index contributed by atoms with van der Waals surface area (Å²) in [5.41, 5.74) is 2.79. The number of carbonyl (C=O) groups excluding carboxylic acids is 2. The fourth-order valence-electron chi connectivity index (χ4n) is 8.15. The summed E-state index contributed by atoms with van der Waals surface area (Å²) in [6, 6.07) is 10.4. The zero-order valence-electron chi connectivity index (χ0n) is 18.7. The third-order valence-electron chi connectivity index (χ3n) is 9.69. The molecule has 3 unspecified atom stereocenters. The van der Waals surface area contributed by atoms with E-state index in [0.717, 1.165) is 38.5 Å². The molecule has 0 spiro atoms. The lowest BCUT2D eigenvalue weighted by atomic mass is 9.48. The number of fused-ring (bicyclic) bond motifs is 5. The molecule has 0 aromatic heterocycles. The van der Waals surface area contributed by atoms with Gasteiger partial charge in [-0.1, -0.05) is 61.0 Å². The van der Waals surface area contributed by atoms with Crippen LogP contribution in [0.3, 0.4) is 0 Å². The molecule has 1 aromatic rings. The highest BCUT2D eigenvalue weighted by atomic mass is 16.3. The molecule has 0 aliphatic heterocycles. The van der Waals surface area contributed by atoms with Gasteiger partial charge in [0.1, 0.15) is 12.3 Å². The molecule has 3 saturated carbocycles. The fraction of sp³-hybridized carbons (Fsp3) is 0.630. The Hall–Kier alpha value is -2.10. The average Bonchev–Trinajstić information content (AvgIpc) is 3.08. The van der Waals surface area contributed by atoms with E-state index in [2.05, 4.69) is 37.2 Å². The molecule has 0 radical (unpaired) electrons. The fourth-order valence-corrected chi connectivity index (χ4v) is 8.15. The Bertz CT molecular complexity index is 937. The summed E-state index contributed by atoms with van der Waals surface area (Å²) in [4.78, 5) is 36.4. The maximum atomic E-state index is 13.2. The third-order valence-corrected chi connectivity index (χ3v) is 9.69. The summed E-state index contributed by atoms with van der Waals surface area (Å²) in [5.74, 6) is 1.83. The van der Waals surface area contributed by atoms with Gasteiger partial charge in [-0.25, -0.2) is 0 Å². The Kier molecular flexibility index (Phi) is 5.02. The number of allylic oxidation sites excluding steroid dienone is 2. The lowest BCUT2D eigenvalue weighted by Gasteiger charge is -2.55. The van der Waals surface area contributed by atoms with Gasteiger partial charge < -0.3 is 0 Å². The van der Waals surface area contributed by atoms with Gasteiger partial charge in [-0.05, 0) is 72.2 Å². The predicted molar refractivity (Wildman–Crippen MR) is 120 cm³/mol. The molecule has 1 aromatic carbocycles. The second-order valence-electron chi connectivity index (χ2n) is 11.0. The van der Waals surface area contributed by atoms with Crippen molar-refractivity contribution in [1.29, 1.82) is 0 Å². The van der Waals surface area contributed by atoms with Gasteiger partial charge >= 0.3 is 0 Å². The van der Waals surface area contributed by atoms with Crippen molar-refractivity contribution in [2.24, 2.45) is 39.7 Å². The Morgan fingerprint density at radius 3 is 2.65 bits per heavy atom. The van der Waals surface area contributed by atoms with Crippen molar-refractivity contribution < 1.29 is 9.59 Å². The first-order chi connectivity index (χ1) is 14.9. The molecule has 0 N–H and O–H groups in total. The number of rotatable bonds is 4. The van der Waals surface area contributed by atoms with Crippen molar-refractivity contribution in [3.63, 3.8) is 0 Å². The van der Waals surface area contributed by atoms with Gasteiger partial charge in [0.25, 0.3) is 0 Å². The molecule has 0 saturated heterocycles. The van der Waals surface area contributed by atoms with Crippen LogP contribution in [0.5, 0.6) is 0 Å². The van der Waals surface area contributed by atoms with Crippen molar-refractivity contribution in [2.75, 3.05) is 6.54 Å². The molecule has 0 amide bonds. The topological polar surface area (TPSA) is 63.6 Å². The summed E-state index contributed by atoms with van der Waals surface area (Å²) in [7, 11) is 0. The Labute approximate surface area is 184 Å². The molecule has 0 heterocycles. The maximum Gasteiger partial charge on any atom is 0.162 e. The van der Waals surface area contributed by atoms with Gasteiger partial charge in [-0.15, -0.1) is 0 Å². The van der Waals surface area contributed by atoms with E-state index >= 15 is 0 Å². The van der Waals surface area contributed by atoms with E-state index in [0.29, 0.717) is 30.0 Å². The van der Waals surface area contributed by atoms with E-state index in [1.165, 1.54) is 5.56 Å². The predicted octanol–water partition coefficient (Wildman–Crippen LogP) is 5.86. The number of ketones is 2. The summed E-state index contributed by atoms with van der Waals surface area (Å²) in [6.45, 7) is 4.47. The first-order valence-electron chi connectivity index (χ1n) is 12.0. The van der Waals surface area contributed by atoms with E-state index in [-0.39, 0.29) is 35.0 Å². The molecule has 4 heteroatoms. The standard InChI is InChI=1S/C27H33NO3/c1-26-12-10-19(29)14-18(26)8-9-20-22(26)11-13-27(2)23(20)15-21(17-6-4-3-5-7-17)25(27)24(30)16-28-31/h3-7,11,18,20-21,23,25H,8-10,12-16H2,1-2H3/t18?,20?,21-,23?,25-,26+,27+/m1/s1. The molecule has 7 atom stereocenters. The number of nitroso groups, excluding NO2 is 1. The number of carbonyl (C=O) groups is 2. The van der Waals surface area contributed by atoms with Crippen molar-refractivity contribution in [1.82, 2.24) is 0 Å². The van der Waals surface area contributed by atoms with E-state index < -0.39 is 0 Å². The van der Waals surface area contributed by atoms with Gasteiger partial charge in [0, 0.05) is 18.8 Å². The van der Waals surface area contributed by atoms with Crippen LogP contribution in [-0.2, 0) is 9.59 Å². The largest absolute Gasteiger partial charge is 0.300 e. The zero-order valence-corrected chi connectivity index (χ0v) is 18.7. The highest BCUT2D eigenvalue weighted by Crippen LogP contribution is 2.67. The van der Waals surface area contributed by atoms with E-state index in [1.807, 2.05) is 18.2 Å². The van der Waals surface area contributed by atoms with E-state index in [1.54, 1.807) is 5.57 Å². The Morgan fingerprint density at radius 2 is 1.90 bits per heavy atom. The third kappa shape index (κ3) is 3.08. The Morgan fingerprint density at radius 1 is 1.13 bits per heavy atom. The zero-order chi connectivity index (χ0) is 21.8. The lowest BCUT2D eigenvalue weighted by Crippen LogP contribution is -2.48. The van der Waals surface area contributed by atoms with Crippen LogP contribution in [0.15, 0.2) is 47.2 Å². The molecular weight excluding hydrogens is 386 g/mol. The lowest BCUT2D eigenvalue weighted by molar-refractivity contribution is -0.128. The van der Waals surface area contributed by atoms with Crippen LogP contribution in [0.2, 0.25) is 0 Å². The molecule has 5 rings (SSSR count). The average molecular weight is 420 g/mol. The molecule has 31 heavy (non-hydrogen) atoms. The summed E-state index contributed by atoms with van der Waals surface area (Å²) in [6.07, 6.45) is 8.98. The van der Waals surface area contributed by atoms with E-state index in [4.69, 9.17) is 0 Å². The molecule has 4 aliphatic carbocycles. The smallest absolute Gasteiger partial charge is 0.162 e. The quantitative estimate of drug-likeness (QED) is 0.453. The van der Waals surface area contributed by atoms with Crippen molar-refractivity contribution in [3.05, 3.63) is 52.5 Å². The van der Waals surface area contributed by atoms with Crippen LogP contribution in [0.1, 0.15) is 70.3 Å². The normalized spacial score (nSPS) is 41.5. The molecular formula is C27H33NO3. The second-order valence-corrected chi connectivity index (χ2v) is 11.0. The van der Waals surface area contributed by atoms with Crippen LogP contribution < -0.4 is 0 Å². The van der Waals surface area contributed by atoms with Gasteiger partial charge in [-0.2, -0.15) is 4.91 Å². The summed E-state index contributed by atoms with van der Waals surface area (Å²) >= 11 is 0. The molecule has 0 bridgehead atoms. The number of benzene rings is 1. The van der Waals surface area contributed by atoms with Crippen LogP contribution >= 0.6 is 0 Å². The molecule has 3 fully saturated rings. The SMILES string of the molecule is C[C@]12CC=C3C(CCC4CC(=O)CC[C@]34C)C1C[C@H](c1ccccc1)[C@@H]2C(=O)CN=O. The minimum absolute atomic E-state index is 0.00821. The Balaban J connectivity index is 1.54. The maximum absolute atomic E-state index is 13.2. The minimum atomic E-state index is -0.223. The van der Waals surface area contributed by atoms with Crippen LogP contribution in [0.4, 0.5) is 0 Å². The summed E-state index contributed by atoms with van der Waals surface area (Å²) in [5, 5.41) is 2.98. The van der Waals surface area contributed by atoms with Crippen LogP contribution in [0, 0.1) is 39.4 Å². The molecule has 4 nitrogen and oxygen atoms in total. The van der Waals surface area contributed by atoms with Crippen molar-refractivity contribution >= 4 is 11.6 Å². The number of nitrogens with zero attached hydrogens (tertiary/aromatic N) is 1. The highest BCUT2D eigenvalue weighted by molar-refractivity contribution is 5.85. The van der Waals surface area contributed by atoms with Crippen molar-refractivity contribution in [2.45, 2.75) is 64.7 Å². The number of hydrogen-bond donors (Lipinski definition) is 0. The first-order valence-corrected chi connectivity index (χ1v) is 12.0. The molecule has 4 aliphatic rings. The van der Waals surface area contributed by atoms with Gasteiger partial charge in [0.2, 0.25) is 0 Å². The summed E-state index contributed by atoms with van der Waals surface area (Å²) < 4.78 is 0. The van der Waals surface area contributed by atoms with Crippen LogP contribution in [-0.4, -0.2) is 18.1 Å². The number of Topliss-reactive ketones (excluding diaryl/α,β-unsaturated/α-hetero) is 2. The molecule has 164 valence electrons. The number of hydrogen-bond acceptors (Lipinski definition) is 4.